The molecule has 2 aromatic carbocycles. The quantitative estimate of drug-likeness (QED) is 0.548. The Morgan fingerprint density at radius 2 is 1.84 bits per heavy atom. The Hall–Kier alpha value is -3.55. The topological polar surface area (TPSA) is 103 Å². The van der Waals surface area contributed by atoms with E-state index in [0.717, 1.165) is 5.56 Å². The Bertz CT molecular complexity index is 875. The SMILES string of the molecule is O=C(Cn1nncc1-c1ccc([N+](=O)[O-])cc1)NCc1ccccc1. The summed E-state index contributed by atoms with van der Waals surface area (Å²) in [4.78, 5) is 22.4. The van der Waals surface area contributed by atoms with E-state index in [4.69, 9.17) is 0 Å². The monoisotopic (exact) mass is 337 g/mol. The Kier molecular flexibility index (Phi) is 4.79. The summed E-state index contributed by atoms with van der Waals surface area (Å²) in [5.74, 6) is -0.197. The maximum atomic E-state index is 12.1. The molecule has 1 amide bonds. The fourth-order valence-electron chi connectivity index (χ4n) is 2.34. The van der Waals surface area contributed by atoms with Gasteiger partial charge in [-0.25, -0.2) is 4.68 Å². The first-order valence-electron chi connectivity index (χ1n) is 7.57. The zero-order valence-electron chi connectivity index (χ0n) is 13.2. The molecule has 3 aromatic rings. The van der Waals surface area contributed by atoms with Gasteiger partial charge < -0.3 is 5.32 Å². The van der Waals surface area contributed by atoms with E-state index in [1.807, 2.05) is 30.3 Å². The second kappa shape index (κ2) is 7.35. The van der Waals surface area contributed by atoms with Crippen LogP contribution in [-0.4, -0.2) is 25.8 Å². The zero-order chi connectivity index (χ0) is 17.6. The van der Waals surface area contributed by atoms with Gasteiger partial charge in [0.2, 0.25) is 5.91 Å². The van der Waals surface area contributed by atoms with Gasteiger partial charge in [0, 0.05) is 24.2 Å². The highest BCUT2D eigenvalue weighted by Crippen LogP contribution is 2.21. The third-order valence-corrected chi connectivity index (χ3v) is 3.62. The molecule has 0 atom stereocenters. The van der Waals surface area contributed by atoms with Gasteiger partial charge in [0.15, 0.2) is 0 Å². The minimum atomic E-state index is -0.462. The summed E-state index contributed by atoms with van der Waals surface area (Å²) < 4.78 is 1.46. The van der Waals surface area contributed by atoms with Crippen LogP contribution < -0.4 is 5.32 Å². The van der Waals surface area contributed by atoms with Crippen LogP contribution in [0.1, 0.15) is 5.56 Å². The second-order valence-corrected chi connectivity index (χ2v) is 5.34. The molecule has 0 unspecified atom stereocenters. The minimum absolute atomic E-state index is 0.00313. The summed E-state index contributed by atoms with van der Waals surface area (Å²) in [6, 6.07) is 15.6. The van der Waals surface area contributed by atoms with Crippen molar-refractivity contribution in [2.75, 3.05) is 0 Å². The Morgan fingerprint density at radius 1 is 1.12 bits per heavy atom. The van der Waals surface area contributed by atoms with Gasteiger partial charge >= 0.3 is 0 Å². The Labute approximate surface area is 143 Å². The second-order valence-electron chi connectivity index (χ2n) is 5.34. The molecular formula is C17H15N5O3. The fourth-order valence-corrected chi connectivity index (χ4v) is 2.34. The van der Waals surface area contributed by atoms with E-state index >= 15 is 0 Å². The van der Waals surface area contributed by atoms with Gasteiger partial charge in [0.1, 0.15) is 6.54 Å². The molecule has 0 aliphatic rings. The molecule has 0 aliphatic carbocycles. The van der Waals surface area contributed by atoms with Gasteiger partial charge in [0.25, 0.3) is 5.69 Å². The molecule has 8 nitrogen and oxygen atoms in total. The van der Waals surface area contributed by atoms with Crippen LogP contribution in [0.5, 0.6) is 0 Å². The molecule has 0 aliphatic heterocycles. The molecule has 0 saturated carbocycles. The molecule has 0 bridgehead atoms. The van der Waals surface area contributed by atoms with Crippen molar-refractivity contribution in [3.63, 3.8) is 0 Å². The predicted octanol–water partition coefficient (Wildman–Crippen LogP) is 2.17. The molecule has 3 rings (SSSR count). The molecule has 0 fully saturated rings. The number of nitro benzene ring substituents is 1. The van der Waals surface area contributed by atoms with E-state index < -0.39 is 4.92 Å². The molecule has 1 heterocycles. The van der Waals surface area contributed by atoms with E-state index in [1.54, 1.807) is 12.1 Å². The summed E-state index contributed by atoms with van der Waals surface area (Å²) in [7, 11) is 0. The summed E-state index contributed by atoms with van der Waals surface area (Å²) in [6.45, 7) is 0.445. The number of rotatable bonds is 6. The van der Waals surface area contributed by atoms with Crippen LogP contribution in [0.3, 0.4) is 0 Å². The van der Waals surface area contributed by atoms with Crippen LogP contribution in [-0.2, 0) is 17.9 Å². The highest BCUT2D eigenvalue weighted by atomic mass is 16.6. The highest BCUT2D eigenvalue weighted by Gasteiger charge is 2.12. The van der Waals surface area contributed by atoms with Crippen LogP contribution in [0.15, 0.2) is 60.8 Å². The van der Waals surface area contributed by atoms with Crippen molar-refractivity contribution in [3.8, 4) is 11.3 Å². The van der Waals surface area contributed by atoms with E-state index in [-0.39, 0.29) is 18.1 Å². The number of nitrogens with zero attached hydrogens (tertiary/aromatic N) is 4. The fraction of sp³-hybridized carbons (Fsp3) is 0.118. The molecule has 0 radical (unpaired) electrons. The van der Waals surface area contributed by atoms with Gasteiger partial charge in [-0.15, -0.1) is 5.10 Å². The summed E-state index contributed by atoms with van der Waals surface area (Å²) >= 11 is 0. The Morgan fingerprint density at radius 3 is 2.52 bits per heavy atom. The van der Waals surface area contributed by atoms with Crippen LogP contribution in [0.2, 0.25) is 0 Å². The third-order valence-electron chi connectivity index (χ3n) is 3.62. The number of hydrogen-bond donors (Lipinski definition) is 1. The van der Waals surface area contributed by atoms with Crippen molar-refractivity contribution in [2.24, 2.45) is 0 Å². The van der Waals surface area contributed by atoms with E-state index in [0.29, 0.717) is 17.8 Å². The average Bonchev–Trinajstić information content (AvgIpc) is 3.09. The first kappa shape index (κ1) is 16.3. The summed E-state index contributed by atoms with van der Waals surface area (Å²) in [5, 5.41) is 21.3. The number of non-ortho nitro benzene ring substituents is 1. The van der Waals surface area contributed by atoms with Crippen molar-refractivity contribution in [3.05, 3.63) is 76.5 Å². The lowest BCUT2D eigenvalue weighted by Crippen LogP contribution is -2.27. The molecule has 1 N–H and O–H groups in total. The smallest absolute Gasteiger partial charge is 0.269 e. The summed E-state index contributed by atoms with van der Waals surface area (Å²) in [5.41, 5.74) is 2.32. The minimum Gasteiger partial charge on any atom is -0.350 e. The van der Waals surface area contributed by atoms with Crippen LogP contribution in [0.25, 0.3) is 11.3 Å². The summed E-state index contributed by atoms with van der Waals surface area (Å²) in [6.07, 6.45) is 1.52. The van der Waals surface area contributed by atoms with Crippen molar-refractivity contribution in [1.29, 1.82) is 0 Å². The van der Waals surface area contributed by atoms with Crippen molar-refractivity contribution >= 4 is 11.6 Å². The highest BCUT2D eigenvalue weighted by molar-refractivity contribution is 5.76. The number of benzene rings is 2. The lowest BCUT2D eigenvalue weighted by molar-refractivity contribution is -0.384. The van der Waals surface area contributed by atoms with Gasteiger partial charge in [-0.2, -0.15) is 0 Å². The van der Waals surface area contributed by atoms with E-state index in [2.05, 4.69) is 15.6 Å². The standard InChI is InChI=1S/C17H15N5O3/c23-17(18-10-13-4-2-1-3-5-13)12-21-16(11-19-20-21)14-6-8-15(9-7-14)22(24)25/h1-9,11H,10,12H2,(H,18,23). The van der Waals surface area contributed by atoms with Crippen LogP contribution in [0.4, 0.5) is 5.69 Å². The zero-order valence-corrected chi connectivity index (χ0v) is 13.2. The van der Waals surface area contributed by atoms with Crippen LogP contribution in [0, 0.1) is 10.1 Å². The van der Waals surface area contributed by atoms with Crippen molar-refractivity contribution in [2.45, 2.75) is 13.1 Å². The first-order valence-corrected chi connectivity index (χ1v) is 7.57. The van der Waals surface area contributed by atoms with Crippen molar-refractivity contribution < 1.29 is 9.72 Å². The molecule has 25 heavy (non-hydrogen) atoms. The lowest BCUT2D eigenvalue weighted by Gasteiger charge is -2.08. The lowest BCUT2D eigenvalue weighted by atomic mass is 10.1. The number of hydrogen-bond acceptors (Lipinski definition) is 5. The predicted molar refractivity (Wildman–Crippen MR) is 90.4 cm³/mol. The van der Waals surface area contributed by atoms with E-state index in [9.17, 15) is 14.9 Å². The maximum Gasteiger partial charge on any atom is 0.269 e. The number of aromatic nitrogens is 3. The molecule has 0 saturated heterocycles. The average molecular weight is 337 g/mol. The third kappa shape index (κ3) is 4.05. The number of carbonyl (C=O) groups is 1. The molecule has 1 aromatic heterocycles. The largest absolute Gasteiger partial charge is 0.350 e. The molecular weight excluding hydrogens is 322 g/mol. The normalized spacial score (nSPS) is 10.4. The van der Waals surface area contributed by atoms with Gasteiger partial charge in [-0.05, 0) is 17.7 Å². The number of carbonyl (C=O) groups excluding carboxylic acids is 1. The van der Waals surface area contributed by atoms with Gasteiger partial charge in [-0.1, -0.05) is 35.5 Å². The first-order chi connectivity index (χ1) is 12.1. The number of nitrogens with one attached hydrogen (secondary N) is 1. The van der Waals surface area contributed by atoms with Gasteiger partial charge in [-0.3, -0.25) is 14.9 Å². The van der Waals surface area contributed by atoms with Gasteiger partial charge in [0.05, 0.1) is 16.8 Å². The Balaban J connectivity index is 1.67. The maximum absolute atomic E-state index is 12.1. The molecule has 8 heteroatoms. The van der Waals surface area contributed by atoms with Crippen molar-refractivity contribution in [1.82, 2.24) is 20.3 Å². The molecule has 126 valence electrons. The molecule has 0 spiro atoms. The number of nitro groups is 1. The van der Waals surface area contributed by atoms with E-state index in [1.165, 1.54) is 23.0 Å². The van der Waals surface area contributed by atoms with Crippen LogP contribution >= 0.6 is 0 Å². The number of amides is 1.